The predicted molar refractivity (Wildman–Crippen MR) is 96.4 cm³/mol. The minimum Gasteiger partial charge on any atom is -0.462 e. The van der Waals surface area contributed by atoms with Crippen LogP contribution >= 0.6 is 11.3 Å². The number of thiophene rings is 1. The van der Waals surface area contributed by atoms with E-state index < -0.39 is 29.0 Å². The number of esters is 2. The number of carbonyl (C=O) groups excluding carboxylic acids is 3. The summed E-state index contributed by atoms with van der Waals surface area (Å²) in [5.41, 5.74) is 0.0936. The molecule has 0 saturated heterocycles. The van der Waals surface area contributed by atoms with Crippen LogP contribution in [0.15, 0.2) is 30.3 Å². The number of nitrogens with one attached hydrogen (secondary N) is 1. The number of amides is 1. The maximum absolute atomic E-state index is 12.7. The normalized spacial score (nSPS) is 11.0. The van der Waals surface area contributed by atoms with Crippen molar-refractivity contribution in [3.8, 4) is 11.1 Å². The summed E-state index contributed by atoms with van der Waals surface area (Å²) >= 11 is 0.520. The molecule has 1 N–H and O–H groups in total. The Morgan fingerprint density at radius 2 is 1.57 bits per heavy atom. The Kier molecular flexibility index (Phi) is 6.79. The van der Waals surface area contributed by atoms with Gasteiger partial charge in [-0.05, 0) is 19.4 Å². The lowest BCUT2D eigenvalue weighted by Crippen LogP contribution is -2.30. The van der Waals surface area contributed by atoms with E-state index in [1.165, 1.54) is 6.92 Å². The topological polar surface area (TPSA) is 81.7 Å². The molecule has 10 heteroatoms. The Morgan fingerprint density at radius 1 is 1.00 bits per heavy atom. The fraction of sp³-hybridized carbons (Fsp3) is 0.278. The summed E-state index contributed by atoms with van der Waals surface area (Å²) in [6, 6.07) is 8.09. The lowest BCUT2D eigenvalue weighted by Gasteiger charge is -2.10. The third kappa shape index (κ3) is 4.69. The number of anilines is 1. The highest BCUT2D eigenvalue weighted by Crippen LogP contribution is 2.41. The number of halogens is 3. The zero-order valence-corrected chi connectivity index (χ0v) is 15.7. The van der Waals surface area contributed by atoms with Crippen molar-refractivity contribution in [1.29, 1.82) is 0 Å². The molecule has 150 valence electrons. The minimum absolute atomic E-state index is 0.0178. The molecule has 6 nitrogen and oxygen atoms in total. The second-order valence-electron chi connectivity index (χ2n) is 5.27. The number of rotatable bonds is 6. The Hall–Kier alpha value is -2.88. The van der Waals surface area contributed by atoms with Crippen LogP contribution in [0.25, 0.3) is 11.1 Å². The van der Waals surface area contributed by atoms with E-state index in [4.69, 9.17) is 9.47 Å². The summed E-state index contributed by atoms with van der Waals surface area (Å²) in [4.78, 5) is 36.2. The van der Waals surface area contributed by atoms with E-state index in [9.17, 15) is 27.6 Å². The van der Waals surface area contributed by atoms with E-state index in [0.717, 1.165) is 0 Å². The maximum atomic E-state index is 12.7. The van der Waals surface area contributed by atoms with Gasteiger partial charge in [0.25, 0.3) is 0 Å². The Balaban J connectivity index is 2.72. The van der Waals surface area contributed by atoms with Crippen LogP contribution in [-0.4, -0.2) is 37.2 Å². The van der Waals surface area contributed by atoms with Gasteiger partial charge in [0.2, 0.25) is 0 Å². The van der Waals surface area contributed by atoms with Crippen LogP contribution in [0.5, 0.6) is 0 Å². The Labute approximate surface area is 162 Å². The molecule has 0 aliphatic heterocycles. The van der Waals surface area contributed by atoms with Crippen LogP contribution in [0, 0.1) is 0 Å². The Bertz CT molecular complexity index is 877. The molecule has 0 aliphatic carbocycles. The number of hydrogen-bond acceptors (Lipinski definition) is 6. The van der Waals surface area contributed by atoms with Gasteiger partial charge in [-0.25, -0.2) is 9.59 Å². The minimum atomic E-state index is -5.17. The average Bonchev–Trinajstić information content (AvgIpc) is 3.01. The first-order valence-corrected chi connectivity index (χ1v) is 8.96. The monoisotopic (exact) mass is 415 g/mol. The van der Waals surface area contributed by atoms with E-state index in [0.29, 0.717) is 16.9 Å². The van der Waals surface area contributed by atoms with Crippen molar-refractivity contribution in [3.05, 3.63) is 40.8 Å². The highest BCUT2D eigenvalue weighted by Gasteiger charge is 2.40. The van der Waals surface area contributed by atoms with Gasteiger partial charge in [-0.2, -0.15) is 13.2 Å². The summed E-state index contributed by atoms with van der Waals surface area (Å²) in [6.45, 7) is 3.05. The molecule has 0 spiro atoms. The Morgan fingerprint density at radius 3 is 2.11 bits per heavy atom. The second kappa shape index (κ2) is 8.87. The van der Waals surface area contributed by atoms with Crippen molar-refractivity contribution >= 4 is 34.2 Å². The fourth-order valence-corrected chi connectivity index (χ4v) is 3.41. The number of carbonyl (C=O) groups is 3. The van der Waals surface area contributed by atoms with Gasteiger partial charge in [0, 0.05) is 5.56 Å². The molecule has 0 radical (unpaired) electrons. The molecule has 0 unspecified atom stereocenters. The second-order valence-corrected chi connectivity index (χ2v) is 6.29. The van der Waals surface area contributed by atoms with Gasteiger partial charge >= 0.3 is 24.0 Å². The van der Waals surface area contributed by atoms with Gasteiger partial charge in [-0.15, -0.1) is 11.3 Å². The van der Waals surface area contributed by atoms with Crippen molar-refractivity contribution in [2.45, 2.75) is 20.0 Å². The lowest BCUT2D eigenvalue weighted by atomic mass is 10.0. The number of ether oxygens (including phenoxy) is 2. The largest absolute Gasteiger partial charge is 0.471 e. The predicted octanol–water partition coefficient (Wildman–Crippen LogP) is 4.27. The van der Waals surface area contributed by atoms with Crippen LogP contribution in [-0.2, 0) is 14.3 Å². The molecule has 0 atom stereocenters. The quantitative estimate of drug-likeness (QED) is 0.713. The van der Waals surface area contributed by atoms with E-state index in [1.54, 1.807) is 42.6 Å². The smallest absolute Gasteiger partial charge is 0.462 e. The van der Waals surface area contributed by atoms with E-state index in [-0.39, 0.29) is 29.2 Å². The lowest BCUT2D eigenvalue weighted by molar-refractivity contribution is -0.167. The standard InChI is InChI=1S/C18H16F3NO5S/c1-3-26-15(23)12-11(10-8-6-5-7-9-10)13(16(24)27-4-2)28-14(12)22-17(25)18(19,20)21/h5-9H,3-4H2,1-2H3,(H,22,25). The van der Waals surface area contributed by atoms with Crippen molar-refractivity contribution in [2.75, 3.05) is 18.5 Å². The molecule has 28 heavy (non-hydrogen) atoms. The molecule has 1 heterocycles. The molecule has 0 bridgehead atoms. The number of benzene rings is 1. The van der Waals surface area contributed by atoms with Crippen molar-refractivity contribution in [1.82, 2.24) is 0 Å². The van der Waals surface area contributed by atoms with Crippen molar-refractivity contribution < 1.29 is 37.0 Å². The van der Waals surface area contributed by atoms with Gasteiger partial charge in [0.15, 0.2) is 0 Å². The van der Waals surface area contributed by atoms with E-state index in [2.05, 4.69) is 0 Å². The van der Waals surface area contributed by atoms with Gasteiger partial charge < -0.3 is 14.8 Å². The molecule has 2 aromatic rings. The molecular formula is C18H16F3NO5S. The van der Waals surface area contributed by atoms with Crippen molar-refractivity contribution in [3.63, 3.8) is 0 Å². The van der Waals surface area contributed by atoms with Crippen LogP contribution in [0.4, 0.5) is 18.2 Å². The zero-order chi connectivity index (χ0) is 20.9. The molecule has 0 saturated carbocycles. The summed E-state index contributed by atoms with van der Waals surface area (Å²) in [7, 11) is 0. The van der Waals surface area contributed by atoms with Gasteiger partial charge in [0.1, 0.15) is 15.4 Å². The fourth-order valence-electron chi connectivity index (χ4n) is 2.31. The molecule has 0 fully saturated rings. The molecule has 0 aliphatic rings. The summed E-state index contributed by atoms with van der Waals surface area (Å²) in [5, 5.41) is 1.22. The first-order chi connectivity index (χ1) is 13.2. The van der Waals surface area contributed by atoms with Crippen LogP contribution < -0.4 is 5.32 Å². The summed E-state index contributed by atoms with van der Waals surface area (Å²) in [6.07, 6.45) is -5.17. The molecule has 1 aromatic carbocycles. The molecular weight excluding hydrogens is 399 g/mol. The van der Waals surface area contributed by atoms with Crippen molar-refractivity contribution in [2.24, 2.45) is 0 Å². The van der Waals surface area contributed by atoms with Crippen LogP contribution in [0.3, 0.4) is 0 Å². The van der Waals surface area contributed by atoms with Crippen LogP contribution in [0.1, 0.15) is 33.9 Å². The van der Waals surface area contributed by atoms with Gasteiger partial charge in [-0.1, -0.05) is 30.3 Å². The summed E-state index contributed by atoms with van der Waals surface area (Å²) in [5.74, 6) is -4.07. The van der Waals surface area contributed by atoms with Crippen LogP contribution in [0.2, 0.25) is 0 Å². The average molecular weight is 415 g/mol. The molecule has 1 amide bonds. The zero-order valence-electron chi connectivity index (χ0n) is 14.9. The van der Waals surface area contributed by atoms with Gasteiger partial charge in [0.05, 0.1) is 13.2 Å². The summed E-state index contributed by atoms with van der Waals surface area (Å²) < 4.78 is 48.0. The molecule has 1 aromatic heterocycles. The first-order valence-electron chi connectivity index (χ1n) is 8.15. The maximum Gasteiger partial charge on any atom is 0.471 e. The highest BCUT2D eigenvalue weighted by molar-refractivity contribution is 7.19. The van der Waals surface area contributed by atoms with E-state index >= 15 is 0 Å². The van der Waals surface area contributed by atoms with Gasteiger partial charge in [-0.3, -0.25) is 4.79 Å². The number of alkyl halides is 3. The first kappa shape index (κ1) is 21.4. The SMILES string of the molecule is CCOC(=O)c1sc(NC(=O)C(F)(F)F)c(C(=O)OCC)c1-c1ccccc1. The highest BCUT2D eigenvalue weighted by atomic mass is 32.1. The third-order valence-corrected chi connectivity index (χ3v) is 4.48. The third-order valence-electron chi connectivity index (χ3n) is 3.40. The van der Waals surface area contributed by atoms with E-state index in [1.807, 2.05) is 0 Å². The number of hydrogen-bond donors (Lipinski definition) is 1. The molecule has 2 rings (SSSR count).